The van der Waals surface area contributed by atoms with E-state index in [1.54, 1.807) is 9.96 Å². The second-order valence-corrected chi connectivity index (χ2v) is 14.4. The molecular formula is C34H46N4O6S. The molecule has 2 heterocycles. The van der Waals surface area contributed by atoms with Crippen LogP contribution in [-0.4, -0.2) is 77.4 Å². The van der Waals surface area contributed by atoms with E-state index in [1.165, 1.54) is 11.8 Å². The first-order valence-corrected chi connectivity index (χ1v) is 16.5. The number of amides is 3. The molecule has 1 saturated heterocycles. The maximum absolute atomic E-state index is 14.2. The van der Waals surface area contributed by atoms with Crippen LogP contribution in [0.15, 0.2) is 47.4 Å². The molecule has 0 aromatic heterocycles. The van der Waals surface area contributed by atoms with Gasteiger partial charge < -0.3 is 24.7 Å². The number of hydroxylamine groups is 2. The van der Waals surface area contributed by atoms with Crippen LogP contribution in [0.3, 0.4) is 0 Å². The average Bonchev–Trinajstić information content (AvgIpc) is 2.98. The summed E-state index contributed by atoms with van der Waals surface area (Å²) >= 11 is 1.47. The van der Waals surface area contributed by atoms with E-state index in [4.69, 9.17) is 9.57 Å². The first kappa shape index (κ1) is 34.3. The number of carbonyl (C=O) groups is 4. The second-order valence-electron chi connectivity index (χ2n) is 13.0. The van der Waals surface area contributed by atoms with Crippen molar-refractivity contribution >= 4 is 41.3 Å². The lowest BCUT2D eigenvalue weighted by Crippen LogP contribution is -2.53. The van der Waals surface area contributed by atoms with Gasteiger partial charge in [-0.1, -0.05) is 30.3 Å². The summed E-state index contributed by atoms with van der Waals surface area (Å²) in [6, 6.07) is 13.0. The largest absolute Gasteiger partial charge is 0.445 e. The number of ether oxygens (including phenoxy) is 1. The predicted octanol–water partition coefficient (Wildman–Crippen LogP) is 5.57. The van der Waals surface area contributed by atoms with Gasteiger partial charge in [0.15, 0.2) is 0 Å². The molecule has 1 unspecified atom stereocenters. The van der Waals surface area contributed by atoms with Crippen molar-refractivity contribution in [2.75, 3.05) is 31.1 Å². The lowest BCUT2D eigenvalue weighted by atomic mass is 9.97. The summed E-state index contributed by atoms with van der Waals surface area (Å²) in [5.74, 6) is -0.511. The highest BCUT2D eigenvalue weighted by atomic mass is 32.2. The minimum atomic E-state index is -0.627. The van der Waals surface area contributed by atoms with E-state index >= 15 is 0 Å². The number of piperidine rings is 1. The summed E-state index contributed by atoms with van der Waals surface area (Å²) in [5, 5.41) is 4.12. The summed E-state index contributed by atoms with van der Waals surface area (Å²) in [7, 11) is 0. The zero-order valence-corrected chi connectivity index (χ0v) is 28.2. The molecule has 244 valence electrons. The van der Waals surface area contributed by atoms with Crippen LogP contribution in [0.5, 0.6) is 0 Å². The molecule has 0 radical (unpaired) electrons. The second kappa shape index (κ2) is 14.7. The fraction of sp³-hybridized carbons (Fsp3) is 0.529. The minimum Gasteiger partial charge on any atom is -0.445 e. The molecular weight excluding hydrogens is 592 g/mol. The molecule has 10 nitrogen and oxygen atoms in total. The first-order valence-electron chi connectivity index (χ1n) is 15.6. The van der Waals surface area contributed by atoms with Gasteiger partial charge in [0, 0.05) is 42.2 Å². The molecule has 0 spiro atoms. The van der Waals surface area contributed by atoms with E-state index in [-0.39, 0.29) is 54.8 Å². The molecule has 2 aromatic rings. The Morgan fingerprint density at radius 2 is 1.84 bits per heavy atom. The molecule has 1 N–H and O–H groups in total. The summed E-state index contributed by atoms with van der Waals surface area (Å²) < 4.78 is 5.31. The minimum absolute atomic E-state index is 0.0847. The Morgan fingerprint density at radius 3 is 2.51 bits per heavy atom. The molecule has 2 aromatic carbocycles. The molecule has 0 saturated carbocycles. The van der Waals surface area contributed by atoms with Gasteiger partial charge in [-0.05, 0) is 84.6 Å². The van der Waals surface area contributed by atoms with Gasteiger partial charge in [0.2, 0.25) is 5.91 Å². The normalized spacial score (nSPS) is 18.8. The van der Waals surface area contributed by atoms with Gasteiger partial charge in [0.05, 0.1) is 22.9 Å². The van der Waals surface area contributed by atoms with Gasteiger partial charge in [0.25, 0.3) is 5.91 Å². The Balaban J connectivity index is 1.49. The standard InChI is InChI=1S/C34H46N4O6S/c1-22(2)38(26-14-11-16-36(20-26)44-32(41)34(5,6)7)31(40)27-19-28-29(18-23(27)3)45-24(4)30(39)37(28)17-15-35-33(42)43-21-25-12-9-8-10-13-25/h8-10,12-13,18-19,22,24,26H,11,14-17,20-21H2,1-7H3,(H,35,42)/t24?,26-/m1/s1. The third kappa shape index (κ3) is 8.58. The maximum atomic E-state index is 14.2. The Hall–Kier alpha value is -3.57. The van der Waals surface area contributed by atoms with Gasteiger partial charge in [-0.3, -0.25) is 9.59 Å². The number of nitrogens with zero attached hydrogens (tertiary/aromatic N) is 3. The summed E-state index contributed by atoms with van der Waals surface area (Å²) in [4.78, 5) is 62.6. The zero-order chi connectivity index (χ0) is 32.9. The third-order valence-electron chi connectivity index (χ3n) is 7.93. The maximum Gasteiger partial charge on any atom is 0.407 e. The number of nitrogens with one attached hydrogen (secondary N) is 1. The van der Waals surface area contributed by atoms with Crippen LogP contribution >= 0.6 is 11.8 Å². The topological polar surface area (TPSA) is 108 Å². The number of alkyl carbamates (subject to hydrolysis) is 1. The number of rotatable bonds is 9. The third-order valence-corrected chi connectivity index (χ3v) is 9.07. The van der Waals surface area contributed by atoms with Crippen molar-refractivity contribution in [2.45, 2.75) is 90.1 Å². The molecule has 0 aliphatic carbocycles. The lowest BCUT2D eigenvalue weighted by molar-refractivity contribution is -0.208. The number of fused-ring (bicyclic) bond motifs is 1. The highest BCUT2D eigenvalue weighted by Gasteiger charge is 2.36. The number of aryl methyl sites for hydroxylation is 1. The van der Waals surface area contributed by atoms with Crippen LogP contribution in [0.25, 0.3) is 0 Å². The Labute approximate surface area is 270 Å². The number of carbonyl (C=O) groups excluding carboxylic acids is 4. The molecule has 0 bridgehead atoms. The smallest absolute Gasteiger partial charge is 0.407 e. The van der Waals surface area contributed by atoms with Crippen LogP contribution in [-0.2, 0) is 25.8 Å². The molecule has 2 aliphatic rings. The fourth-order valence-electron chi connectivity index (χ4n) is 5.51. The Bertz CT molecular complexity index is 1390. The van der Waals surface area contributed by atoms with Crippen LogP contribution in [0, 0.1) is 12.3 Å². The molecule has 2 atom stereocenters. The summed E-state index contributed by atoms with van der Waals surface area (Å²) in [5.41, 5.74) is 2.26. The number of hydrogen-bond acceptors (Lipinski definition) is 8. The SMILES string of the molecule is Cc1cc2c(cc1C(=O)N(C(C)C)[C@@H]1CCCN(OC(=O)C(C)(C)C)C1)N(CCNC(=O)OCc1ccccc1)C(=O)C(C)S2. The number of thioether (sulfide) groups is 1. The van der Waals surface area contributed by atoms with Gasteiger partial charge in [-0.15, -0.1) is 16.8 Å². The van der Waals surface area contributed by atoms with Crippen LogP contribution in [0.2, 0.25) is 0 Å². The number of benzene rings is 2. The zero-order valence-electron chi connectivity index (χ0n) is 27.4. The van der Waals surface area contributed by atoms with Crippen molar-refractivity contribution in [2.24, 2.45) is 5.41 Å². The molecule has 2 aliphatic heterocycles. The Morgan fingerprint density at radius 1 is 1.13 bits per heavy atom. The Kier molecular flexibility index (Phi) is 11.2. The highest BCUT2D eigenvalue weighted by molar-refractivity contribution is 8.01. The first-order chi connectivity index (χ1) is 21.3. The molecule has 45 heavy (non-hydrogen) atoms. The highest BCUT2D eigenvalue weighted by Crippen LogP contribution is 2.41. The van der Waals surface area contributed by atoms with Crippen LogP contribution in [0.1, 0.15) is 75.9 Å². The molecule has 3 amide bonds. The van der Waals surface area contributed by atoms with E-state index in [9.17, 15) is 19.2 Å². The van der Waals surface area contributed by atoms with Gasteiger partial charge in [-0.25, -0.2) is 9.59 Å². The van der Waals surface area contributed by atoms with E-state index < -0.39 is 11.5 Å². The van der Waals surface area contributed by atoms with E-state index in [0.717, 1.165) is 28.9 Å². The van der Waals surface area contributed by atoms with Crippen molar-refractivity contribution in [1.29, 1.82) is 0 Å². The molecule has 1 fully saturated rings. The molecule has 4 rings (SSSR count). The van der Waals surface area contributed by atoms with Crippen molar-refractivity contribution in [3.05, 3.63) is 59.2 Å². The summed E-state index contributed by atoms with van der Waals surface area (Å²) in [6.45, 7) is 14.8. The average molecular weight is 639 g/mol. The number of anilines is 1. The van der Waals surface area contributed by atoms with E-state index in [2.05, 4.69) is 5.32 Å². The fourth-order valence-corrected chi connectivity index (χ4v) is 6.65. The predicted molar refractivity (Wildman–Crippen MR) is 175 cm³/mol. The van der Waals surface area contributed by atoms with Crippen LogP contribution in [0.4, 0.5) is 10.5 Å². The van der Waals surface area contributed by atoms with Crippen molar-refractivity contribution in [3.63, 3.8) is 0 Å². The van der Waals surface area contributed by atoms with Crippen molar-refractivity contribution < 1.29 is 28.8 Å². The van der Waals surface area contributed by atoms with Crippen molar-refractivity contribution in [1.82, 2.24) is 15.3 Å². The number of hydrogen-bond donors (Lipinski definition) is 1. The van der Waals surface area contributed by atoms with Gasteiger partial charge in [0.1, 0.15) is 6.61 Å². The van der Waals surface area contributed by atoms with Gasteiger partial charge in [-0.2, -0.15) is 0 Å². The molecule has 11 heteroatoms. The van der Waals surface area contributed by atoms with Crippen molar-refractivity contribution in [3.8, 4) is 0 Å². The summed E-state index contributed by atoms with van der Waals surface area (Å²) in [6.07, 6.45) is 1.02. The monoisotopic (exact) mass is 638 g/mol. The van der Waals surface area contributed by atoms with Crippen LogP contribution < -0.4 is 10.2 Å². The van der Waals surface area contributed by atoms with E-state index in [1.807, 2.05) is 95.8 Å². The van der Waals surface area contributed by atoms with Gasteiger partial charge >= 0.3 is 12.1 Å². The van der Waals surface area contributed by atoms with E-state index in [0.29, 0.717) is 24.3 Å². The lowest BCUT2D eigenvalue weighted by Gasteiger charge is -2.41. The quantitative estimate of drug-likeness (QED) is 0.380.